The van der Waals surface area contributed by atoms with E-state index < -0.39 is 0 Å². The van der Waals surface area contributed by atoms with Gasteiger partial charge in [0.1, 0.15) is 0 Å². The maximum Gasteiger partial charge on any atom is 0.251 e. The van der Waals surface area contributed by atoms with Gasteiger partial charge in [-0.05, 0) is 49.9 Å². The molecule has 1 rings (SSSR count). The average Bonchev–Trinajstić information content (AvgIpc) is 2.29. The highest BCUT2D eigenvalue weighted by molar-refractivity contribution is 5.94. The number of carbonyl (C=O) groups is 1. The summed E-state index contributed by atoms with van der Waals surface area (Å²) in [5.74, 6) is 0.0387. The van der Waals surface area contributed by atoms with Crippen molar-refractivity contribution in [1.29, 1.82) is 0 Å². The van der Waals surface area contributed by atoms with Crippen LogP contribution >= 0.6 is 0 Å². The highest BCUT2D eigenvalue weighted by Gasteiger charge is 2.10. The van der Waals surface area contributed by atoms with Gasteiger partial charge in [-0.25, -0.2) is 0 Å². The van der Waals surface area contributed by atoms with E-state index in [1.54, 1.807) is 0 Å². The average molecular weight is 219 g/mol. The Morgan fingerprint density at radius 3 is 2.31 bits per heavy atom. The van der Waals surface area contributed by atoms with E-state index in [9.17, 15) is 4.79 Å². The zero-order valence-electron chi connectivity index (χ0n) is 10.6. The molecule has 1 N–H and O–H groups in total. The Kier molecular flexibility index (Phi) is 4.53. The summed E-state index contributed by atoms with van der Waals surface area (Å²) in [7, 11) is 0. The summed E-state index contributed by atoms with van der Waals surface area (Å²) < 4.78 is 0. The van der Waals surface area contributed by atoms with Gasteiger partial charge in [-0.2, -0.15) is 0 Å². The van der Waals surface area contributed by atoms with Gasteiger partial charge in [0.15, 0.2) is 0 Å². The standard InChI is InChI=1S/C14H21NO/c1-5-13(6-2)15-14(16)12-8-7-10(3)11(4)9-12/h7-9,13H,5-6H2,1-4H3,(H,15,16). The maximum atomic E-state index is 11.9. The largest absolute Gasteiger partial charge is 0.349 e. The summed E-state index contributed by atoms with van der Waals surface area (Å²) in [6.07, 6.45) is 1.96. The minimum atomic E-state index is 0.0387. The summed E-state index contributed by atoms with van der Waals surface area (Å²) in [6, 6.07) is 6.12. The zero-order valence-corrected chi connectivity index (χ0v) is 10.6. The minimum absolute atomic E-state index is 0.0387. The number of benzene rings is 1. The van der Waals surface area contributed by atoms with Crippen LogP contribution in [0.15, 0.2) is 18.2 Å². The fourth-order valence-electron chi connectivity index (χ4n) is 1.64. The van der Waals surface area contributed by atoms with E-state index in [0.29, 0.717) is 0 Å². The molecular weight excluding hydrogens is 198 g/mol. The van der Waals surface area contributed by atoms with E-state index in [1.807, 2.05) is 25.1 Å². The topological polar surface area (TPSA) is 29.1 Å². The van der Waals surface area contributed by atoms with Gasteiger partial charge in [-0.3, -0.25) is 4.79 Å². The molecular formula is C14H21NO. The van der Waals surface area contributed by atoms with Crippen LogP contribution in [0.2, 0.25) is 0 Å². The predicted octanol–water partition coefficient (Wildman–Crippen LogP) is 3.22. The molecule has 0 aliphatic rings. The van der Waals surface area contributed by atoms with Crippen LogP contribution in [0.1, 0.15) is 48.2 Å². The molecule has 0 saturated heterocycles. The molecule has 2 heteroatoms. The number of nitrogens with one attached hydrogen (secondary N) is 1. The molecule has 2 nitrogen and oxygen atoms in total. The third-order valence-electron chi connectivity index (χ3n) is 3.09. The van der Waals surface area contributed by atoms with E-state index in [0.717, 1.165) is 24.0 Å². The van der Waals surface area contributed by atoms with E-state index in [4.69, 9.17) is 0 Å². The van der Waals surface area contributed by atoms with Crippen molar-refractivity contribution >= 4 is 5.91 Å². The third kappa shape index (κ3) is 3.09. The SMILES string of the molecule is CCC(CC)NC(=O)c1ccc(C)c(C)c1. The summed E-state index contributed by atoms with van der Waals surface area (Å²) in [5.41, 5.74) is 3.14. The maximum absolute atomic E-state index is 11.9. The third-order valence-corrected chi connectivity index (χ3v) is 3.09. The van der Waals surface area contributed by atoms with Gasteiger partial charge in [0, 0.05) is 11.6 Å². The van der Waals surface area contributed by atoms with Crippen LogP contribution in [0, 0.1) is 13.8 Å². The summed E-state index contributed by atoms with van der Waals surface area (Å²) >= 11 is 0. The van der Waals surface area contributed by atoms with E-state index in [-0.39, 0.29) is 11.9 Å². The molecule has 0 aliphatic heterocycles. The van der Waals surface area contributed by atoms with Crippen LogP contribution in [-0.4, -0.2) is 11.9 Å². The van der Waals surface area contributed by atoms with Crippen LogP contribution < -0.4 is 5.32 Å². The minimum Gasteiger partial charge on any atom is -0.349 e. The van der Waals surface area contributed by atoms with Gasteiger partial charge in [0.25, 0.3) is 5.91 Å². The van der Waals surface area contributed by atoms with Crippen molar-refractivity contribution in [2.45, 2.75) is 46.6 Å². The Bertz CT molecular complexity index is 367. The molecule has 0 aliphatic carbocycles. The second kappa shape index (κ2) is 5.69. The van der Waals surface area contributed by atoms with Gasteiger partial charge in [0.2, 0.25) is 0 Å². The summed E-state index contributed by atoms with van der Waals surface area (Å²) in [6.45, 7) is 8.27. The van der Waals surface area contributed by atoms with Gasteiger partial charge >= 0.3 is 0 Å². The smallest absolute Gasteiger partial charge is 0.251 e. The first kappa shape index (κ1) is 12.8. The first-order chi connectivity index (χ1) is 7.58. The lowest BCUT2D eigenvalue weighted by Crippen LogP contribution is -2.33. The second-order valence-electron chi connectivity index (χ2n) is 4.29. The second-order valence-corrected chi connectivity index (χ2v) is 4.29. The molecule has 0 spiro atoms. The molecule has 1 amide bonds. The molecule has 16 heavy (non-hydrogen) atoms. The Hall–Kier alpha value is -1.31. The van der Waals surface area contributed by atoms with Gasteiger partial charge in [0.05, 0.1) is 0 Å². The molecule has 0 radical (unpaired) electrons. The number of amides is 1. The van der Waals surface area contributed by atoms with Crippen molar-refractivity contribution < 1.29 is 4.79 Å². The molecule has 0 aromatic heterocycles. The Labute approximate surface area is 98.1 Å². The zero-order chi connectivity index (χ0) is 12.1. The van der Waals surface area contributed by atoms with Crippen LogP contribution in [0.5, 0.6) is 0 Å². The number of aryl methyl sites for hydroxylation is 2. The highest BCUT2D eigenvalue weighted by atomic mass is 16.1. The Balaban J connectivity index is 2.76. The number of rotatable bonds is 4. The fourth-order valence-corrected chi connectivity index (χ4v) is 1.64. The molecule has 0 saturated carbocycles. The lowest BCUT2D eigenvalue weighted by atomic mass is 10.1. The fraction of sp³-hybridized carbons (Fsp3) is 0.500. The molecule has 1 aromatic rings. The summed E-state index contributed by atoms with van der Waals surface area (Å²) in [4.78, 5) is 11.9. The van der Waals surface area contributed by atoms with Crippen LogP contribution in [-0.2, 0) is 0 Å². The van der Waals surface area contributed by atoms with E-state index in [2.05, 4.69) is 26.1 Å². The van der Waals surface area contributed by atoms with Gasteiger partial charge in [-0.15, -0.1) is 0 Å². The number of hydrogen-bond acceptors (Lipinski definition) is 1. The normalized spacial score (nSPS) is 10.6. The molecule has 0 bridgehead atoms. The van der Waals surface area contributed by atoms with Crippen molar-refractivity contribution in [3.63, 3.8) is 0 Å². The molecule has 0 fully saturated rings. The van der Waals surface area contributed by atoms with Crippen molar-refractivity contribution in [3.05, 3.63) is 34.9 Å². The lowest BCUT2D eigenvalue weighted by molar-refractivity contribution is 0.0935. The van der Waals surface area contributed by atoms with Crippen molar-refractivity contribution in [2.75, 3.05) is 0 Å². The Morgan fingerprint density at radius 2 is 1.81 bits per heavy atom. The monoisotopic (exact) mass is 219 g/mol. The Morgan fingerprint density at radius 1 is 1.19 bits per heavy atom. The molecule has 0 atom stereocenters. The summed E-state index contributed by atoms with van der Waals surface area (Å²) in [5, 5.41) is 3.04. The van der Waals surface area contributed by atoms with Crippen LogP contribution in [0.3, 0.4) is 0 Å². The first-order valence-electron chi connectivity index (χ1n) is 5.96. The van der Waals surface area contributed by atoms with Gasteiger partial charge in [-0.1, -0.05) is 19.9 Å². The predicted molar refractivity (Wildman–Crippen MR) is 67.8 cm³/mol. The molecule has 1 aromatic carbocycles. The first-order valence-corrected chi connectivity index (χ1v) is 5.96. The molecule has 0 heterocycles. The lowest BCUT2D eigenvalue weighted by Gasteiger charge is -2.15. The molecule has 88 valence electrons. The molecule has 0 unspecified atom stereocenters. The number of hydrogen-bond donors (Lipinski definition) is 1. The highest BCUT2D eigenvalue weighted by Crippen LogP contribution is 2.10. The van der Waals surface area contributed by atoms with Crippen molar-refractivity contribution in [1.82, 2.24) is 5.32 Å². The van der Waals surface area contributed by atoms with Gasteiger partial charge < -0.3 is 5.32 Å². The van der Waals surface area contributed by atoms with E-state index in [1.165, 1.54) is 5.56 Å². The quantitative estimate of drug-likeness (QED) is 0.827. The van der Waals surface area contributed by atoms with E-state index >= 15 is 0 Å². The van der Waals surface area contributed by atoms with Crippen molar-refractivity contribution in [2.24, 2.45) is 0 Å². The number of carbonyl (C=O) groups excluding carboxylic acids is 1. The van der Waals surface area contributed by atoms with Crippen LogP contribution in [0.25, 0.3) is 0 Å². The van der Waals surface area contributed by atoms with Crippen LogP contribution in [0.4, 0.5) is 0 Å². The van der Waals surface area contributed by atoms with Crippen molar-refractivity contribution in [3.8, 4) is 0 Å².